The van der Waals surface area contributed by atoms with E-state index in [-0.39, 0.29) is 17.5 Å². The number of esters is 1. The Morgan fingerprint density at radius 3 is 2.62 bits per heavy atom. The number of allylic oxidation sites excluding steroid dienone is 2. The molecule has 0 N–H and O–H groups in total. The fourth-order valence-electron chi connectivity index (χ4n) is 7.32. The minimum absolute atomic E-state index is 0.0110. The average molecular weight is 379 g/mol. The van der Waals surface area contributed by atoms with Crippen LogP contribution in [0, 0.1) is 34.5 Å². The molecule has 0 radical (unpaired) electrons. The van der Waals surface area contributed by atoms with Crippen molar-refractivity contribution in [2.24, 2.45) is 34.5 Å². The molecule has 4 rings (SSSR count). The highest BCUT2D eigenvalue weighted by atomic mass is 35.5. The van der Waals surface area contributed by atoms with E-state index in [9.17, 15) is 9.59 Å². The van der Waals surface area contributed by atoms with Gasteiger partial charge in [0.05, 0.1) is 0 Å². The van der Waals surface area contributed by atoms with Gasteiger partial charge in [-0.15, -0.1) is 0 Å². The summed E-state index contributed by atoms with van der Waals surface area (Å²) in [4.78, 5) is 22.9. The lowest BCUT2D eigenvalue weighted by Crippen LogP contribution is -2.53. The van der Waals surface area contributed by atoms with Crippen molar-refractivity contribution in [3.8, 4) is 0 Å². The fourth-order valence-corrected chi connectivity index (χ4v) is 7.68. The molecule has 0 bridgehead atoms. The summed E-state index contributed by atoms with van der Waals surface area (Å²) >= 11 is 6.66. The van der Waals surface area contributed by atoms with Gasteiger partial charge in [0.25, 0.3) is 0 Å². The quantitative estimate of drug-likeness (QED) is 0.486. The van der Waals surface area contributed by atoms with E-state index in [1.165, 1.54) is 26.2 Å². The Labute approximate surface area is 161 Å². The summed E-state index contributed by atoms with van der Waals surface area (Å²) in [6.45, 7) is 6.30. The standard InChI is InChI=1S/C22H31ClO3/c1-13(25)26-16-6-8-21(2)15(11-16)4-5-17-18(21)7-9-22(3)19(17)10-14(12-24)20(22)23/h12,15-19H,4-11H2,1-3H3/t15-,16-,17?,18?,19?,21+,22+/m1/s1. The predicted molar refractivity (Wildman–Crippen MR) is 102 cm³/mol. The second kappa shape index (κ2) is 6.36. The Morgan fingerprint density at radius 2 is 1.92 bits per heavy atom. The number of hydrogen-bond donors (Lipinski definition) is 0. The molecule has 26 heavy (non-hydrogen) atoms. The first-order valence-electron chi connectivity index (χ1n) is 10.3. The van der Waals surface area contributed by atoms with E-state index in [4.69, 9.17) is 16.3 Å². The molecule has 4 heteroatoms. The van der Waals surface area contributed by atoms with Gasteiger partial charge in [-0.3, -0.25) is 9.59 Å². The molecule has 3 nitrogen and oxygen atoms in total. The first-order chi connectivity index (χ1) is 12.3. The molecular weight excluding hydrogens is 348 g/mol. The summed E-state index contributed by atoms with van der Waals surface area (Å²) in [5.41, 5.74) is 1.21. The van der Waals surface area contributed by atoms with Crippen molar-refractivity contribution >= 4 is 23.9 Å². The van der Waals surface area contributed by atoms with E-state index in [2.05, 4.69) is 13.8 Å². The van der Waals surface area contributed by atoms with Crippen molar-refractivity contribution < 1.29 is 14.3 Å². The van der Waals surface area contributed by atoms with Gasteiger partial charge in [-0.2, -0.15) is 0 Å². The highest BCUT2D eigenvalue weighted by Gasteiger charge is 2.59. The molecule has 3 fully saturated rings. The molecule has 0 spiro atoms. The van der Waals surface area contributed by atoms with Crippen LogP contribution in [0.15, 0.2) is 10.6 Å². The summed E-state index contributed by atoms with van der Waals surface area (Å²) in [6.07, 6.45) is 9.92. The van der Waals surface area contributed by atoms with Gasteiger partial charge in [0.2, 0.25) is 0 Å². The van der Waals surface area contributed by atoms with Crippen molar-refractivity contribution in [2.45, 2.75) is 78.2 Å². The lowest BCUT2D eigenvalue weighted by molar-refractivity contribution is -0.158. The van der Waals surface area contributed by atoms with E-state index >= 15 is 0 Å². The Bertz CT molecular complexity index is 656. The van der Waals surface area contributed by atoms with Crippen LogP contribution in [0.5, 0.6) is 0 Å². The normalized spacial score (nSPS) is 47.6. The summed E-state index contributed by atoms with van der Waals surface area (Å²) < 4.78 is 5.55. The maximum atomic E-state index is 11.5. The molecule has 144 valence electrons. The molecule has 0 saturated heterocycles. The minimum atomic E-state index is -0.145. The van der Waals surface area contributed by atoms with Gasteiger partial charge in [-0.05, 0) is 80.5 Å². The van der Waals surface area contributed by atoms with E-state index in [1.807, 2.05) is 0 Å². The number of carbonyl (C=O) groups excluding carboxylic acids is 2. The van der Waals surface area contributed by atoms with Gasteiger partial charge in [0.1, 0.15) is 12.4 Å². The number of halogens is 1. The average Bonchev–Trinajstić information content (AvgIpc) is 2.86. The number of carbonyl (C=O) groups is 2. The zero-order valence-electron chi connectivity index (χ0n) is 16.2. The summed E-state index contributed by atoms with van der Waals surface area (Å²) in [5, 5.41) is 0.849. The molecule has 0 amide bonds. The predicted octanol–water partition coefficient (Wildman–Crippen LogP) is 5.26. The van der Waals surface area contributed by atoms with Crippen molar-refractivity contribution in [3.63, 3.8) is 0 Å². The molecular formula is C22H31ClO3. The largest absolute Gasteiger partial charge is 0.463 e. The van der Waals surface area contributed by atoms with Gasteiger partial charge in [-0.25, -0.2) is 0 Å². The maximum absolute atomic E-state index is 11.5. The molecule has 0 aromatic heterocycles. The van der Waals surface area contributed by atoms with E-state index in [0.29, 0.717) is 29.1 Å². The molecule has 4 aliphatic carbocycles. The molecule has 3 saturated carbocycles. The number of aldehydes is 1. The third-order valence-electron chi connectivity index (χ3n) is 8.71. The van der Waals surface area contributed by atoms with Crippen molar-refractivity contribution in [3.05, 3.63) is 10.6 Å². The van der Waals surface area contributed by atoms with Crippen LogP contribution in [0.25, 0.3) is 0 Å². The number of rotatable bonds is 2. The summed E-state index contributed by atoms with van der Waals surface area (Å²) in [6, 6.07) is 0. The molecule has 7 atom stereocenters. The van der Waals surface area contributed by atoms with Gasteiger partial charge in [0.15, 0.2) is 0 Å². The Hall–Kier alpha value is -0.830. The van der Waals surface area contributed by atoms with Crippen LogP contribution in [0.3, 0.4) is 0 Å². The van der Waals surface area contributed by atoms with Gasteiger partial charge in [-0.1, -0.05) is 25.4 Å². The maximum Gasteiger partial charge on any atom is 0.302 e. The molecule has 0 heterocycles. The van der Waals surface area contributed by atoms with Crippen LogP contribution >= 0.6 is 11.6 Å². The Balaban J connectivity index is 1.56. The second-order valence-electron chi connectivity index (χ2n) is 9.78. The highest BCUT2D eigenvalue weighted by Crippen LogP contribution is 2.67. The van der Waals surface area contributed by atoms with Gasteiger partial charge < -0.3 is 4.74 Å². The van der Waals surface area contributed by atoms with Crippen LogP contribution in [0.4, 0.5) is 0 Å². The summed E-state index contributed by atoms with van der Waals surface area (Å²) in [7, 11) is 0. The van der Waals surface area contributed by atoms with Crippen molar-refractivity contribution in [1.29, 1.82) is 0 Å². The SMILES string of the molecule is CC(=O)O[C@@H]1CC[C@]2(C)C3CC[C@]4(C)C(Cl)=C(C=O)CC4C3CC[C@@H]2C1. The van der Waals surface area contributed by atoms with Crippen molar-refractivity contribution in [2.75, 3.05) is 0 Å². The lowest BCUT2D eigenvalue weighted by atomic mass is 9.45. The van der Waals surface area contributed by atoms with Crippen LogP contribution in [0.2, 0.25) is 0 Å². The van der Waals surface area contributed by atoms with E-state index < -0.39 is 0 Å². The zero-order chi connectivity index (χ0) is 18.7. The number of fused-ring (bicyclic) bond motifs is 5. The first-order valence-corrected chi connectivity index (χ1v) is 10.7. The third kappa shape index (κ3) is 2.60. The monoisotopic (exact) mass is 378 g/mol. The zero-order valence-corrected chi connectivity index (χ0v) is 17.0. The number of hydrogen-bond acceptors (Lipinski definition) is 3. The Kier molecular flexibility index (Phi) is 4.53. The van der Waals surface area contributed by atoms with Crippen LogP contribution in [0.1, 0.15) is 72.1 Å². The highest BCUT2D eigenvalue weighted by molar-refractivity contribution is 6.32. The van der Waals surface area contributed by atoms with Crippen LogP contribution in [-0.4, -0.2) is 18.4 Å². The first kappa shape index (κ1) is 18.5. The third-order valence-corrected chi connectivity index (χ3v) is 9.38. The minimum Gasteiger partial charge on any atom is -0.463 e. The van der Waals surface area contributed by atoms with E-state index in [0.717, 1.165) is 49.0 Å². The molecule has 4 aliphatic rings. The van der Waals surface area contributed by atoms with Crippen molar-refractivity contribution in [1.82, 2.24) is 0 Å². The van der Waals surface area contributed by atoms with Crippen LogP contribution in [-0.2, 0) is 14.3 Å². The fraction of sp³-hybridized carbons (Fsp3) is 0.818. The van der Waals surface area contributed by atoms with Gasteiger partial charge in [0, 0.05) is 22.9 Å². The van der Waals surface area contributed by atoms with Gasteiger partial charge >= 0.3 is 5.97 Å². The second-order valence-corrected chi connectivity index (χ2v) is 10.2. The lowest BCUT2D eigenvalue weighted by Gasteiger charge is -2.60. The molecule has 0 aliphatic heterocycles. The van der Waals surface area contributed by atoms with Crippen LogP contribution < -0.4 is 0 Å². The van der Waals surface area contributed by atoms with E-state index in [1.54, 1.807) is 0 Å². The number of ether oxygens (including phenoxy) is 1. The summed E-state index contributed by atoms with van der Waals surface area (Å²) in [5.74, 6) is 2.42. The molecule has 0 aromatic rings. The smallest absolute Gasteiger partial charge is 0.302 e. The Morgan fingerprint density at radius 1 is 1.15 bits per heavy atom. The topological polar surface area (TPSA) is 43.4 Å². The molecule has 0 aromatic carbocycles. The molecule has 3 unspecified atom stereocenters.